The van der Waals surface area contributed by atoms with Gasteiger partial charge in [-0.3, -0.25) is 0 Å². The van der Waals surface area contributed by atoms with Gasteiger partial charge in [-0.25, -0.2) is 0 Å². The van der Waals surface area contributed by atoms with Gasteiger partial charge in [0.05, 0.1) is 0 Å². The molecule has 0 aliphatic carbocycles. The van der Waals surface area contributed by atoms with Crippen LogP contribution in [0.3, 0.4) is 0 Å². The van der Waals surface area contributed by atoms with E-state index in [1.165, 1.54) is 41.2 Å². The van der Waals surface area contributed by atoms with Crippen molar-refractivity contribution in [3.63, 3.8) is 0 Å². The Morgan fingerprint density at radius 3 is 2.00 bits per heavy atom. The van der Waals surface area contributed by atoms with E-state index in [9.17, 15) is 0 Å². The van der Waals surface area contributed by atoms with Crippen molar-refractivity contribution in [2.75, 3.05) is 0 Å². The molecule has 0 saturated carbocycles. The highest BCUT2D eigenvalue weighted by Crippen LogP contribution is 2.36. The minimum Gasteiger partial charge on any atom is -0.192 e. The van der Waals surface area contributed by atoms with Crippen molar-refractivity contribution < 1.29 is 0 Å². The minimum absolute atomic E-state index is 0.774. The zero-order valence-corrected chi connectivity index (χ0v) is 14.0. The maximum absolute atomic E-state index is 9.13. The number of nitriles is 1. The van der Waals surface area contributed by atoms with Crippen molar-refractivity contribution in [1.82, 2.24) is 0 Å². The van der Waals surface area contributed by atoms with Crippen molar-refractivity contribution in [2.45, 2.75) is 6.92 Å². The summed E-state index contributed by atoms with van der Waals surface area (Å²) in [5.41, 5.74) is 0. The highest BCUT2D eigenvalue weighted by atomic mass is 32.1. The first-order chi connectivity index (χ1) is 11.2. The lowest BCUT2D eigenvalue weighted by Gasteiger charge is -2.05. The first kappa shape index (κ1) is 13.1. The topological polar surface area (TPSA) is 23.8 Å². The van der Waals surface area contributed by atoms with E-state index in [1.807, 2.05) is 17.4 Å². The standard InChI is InChI=1S/C20H11NS2/c1-11-4-14-6-17-12(8-19(14)22-11)2-3-13-9-20-15(7-18(13)17)5-16(10-21)23-20/h2-9H,1H3. The number of benzene rings is 3. The Morgan fingerprint density at radius 1 is 0.739 bits per heavy atom. The third-order valence-electron chi connectivity index (χ3n) is 4.34. The lowest BCUT2D eigenvalue weighted by atomic mass is 10.00. The van der Waals surface area contributed by atoms with Gasteiger partial charge >= 0.3 is 0 Å². The first-order valence-corrected chi connectivity index (χ1v) is 9.05. The molecule has 0 saturated heterocycles. The SMILES string of the molecule is Cc1cc2cc3c(ccc4cc5sc(C#N)cc5cc43)cc2s1. The fourth-order valence-corrected chi connectivity index (χ4v) is 5.16. The van der Waals surface area contributed by atoms with Gasteiger partial charge in [-0.2, -0.15) is 5.26 Å². The predicted molar refractivity (Wildman–Crippen MR) is 102 cm³/mol. The van der Waals surface area contributed by atoms with Crippen LogP contribution in [0, 0.1) is 18.3 Å². The molecule has 0 spiro atoms. The zero-order valence-electron chi connectivity index (χ0n) is 12.4. The molecular weight excluding hydrogens is 318 g/mol. The Hall–Kier alpha value is -2.41. The van der Waals surface area contributed by atoms with Crippen LogP contribution in [0.15, 0.2) is 48.5 Å². The van der Waals surface area contributed by atoms with Crippen LogP contribution >= 0.6 is 22.7 Å². The van der Waals surface area contributed by atoms with Gasteiger partial charge in [-0.05, 0) is 75.6 Å². The molecule has 0 bridgehead atoms. The van der Waals surface area contributed by atoms with Gasteiger partial charge in [0, 0.05) is 14.3 Å². The molecule has 23 heavy (non-hydrogen) atoms. The van der Waals surface area contributed by atoms with Gasteiger partial charge in [0.15, 0.2) is 0 Å². The van der Waals surface area contributed by atoms with E-state index in [0.29, 0.717) is 0 Å². The number of rotatable bonds is 0. The number of nitrogens with zero attached hydrogens (tertiary/aromatic N) is 1. The summed E-state index contributed by atoms with van der Waals surface area (Å²) in [5, 5.41) is 16.7. The molecule has 5 aromatic rings. The molecular formula is C20H11NS2. The van der Waals surface area contributed by atoms with Crippen molar-refractivity contribution in [3.05, 3.63) is 58.3 Å². The molecule has 0 N–H and O–H groups in total. The van der Waals surface area contributed by atoms with Crippen molar-refractivity contribution in [1.29, 1.82) is 5.26 Å². The van der Waals surface area contributed by atoms with E-state index in [4.69, 9.17) is 5.26 Å². The van der Waals surface area contributed by atoms with E-state index in [0.717, 1.165) is 10.3 Å². The fourth-order valence-electron chi connectivity index (χ4n) is 3.31. The summed E-state index contributed by atoms with van der Waals surface area (Å²) in [6.45, 7) is 2.16. The first-order valence-electron chi connectivity index (χ1n) is 7.41. The summed E-state index contributed by atoms with van der Waals surface area (Å²) in [5.74, 6) is 0. The summed E-state index contributed by atoms with van der Waals surface area (Å²) in [4.78, 5) is 2.12. The molecule has 5 rings (SSSR count). The number of aryl methyl sites for hydroxylation is 1. The van der Waals surface area contributed by atoms with Crippen LogP contribution in [0.1, 0.15) is 9.75 Å². The van der Waals surface area contributed by atoms with Crippen LogP contribution in [0.4, 0.5) is 0 Å². The van der Waals surface area contributed by atoms with Crippen LogP contribution in [-0.2, 0) is 0 Å². The van der Waals surface area contributed by atoms with Crippen LogP contribution in [0.2, 0.25) is 0 Å². The number of hydrogen-bond donors (Lipinski definition) is 0. The summed E-state index contributed by atoms with van der Waals surface area (Å²) in [7, 11) is 0. The maximum Gasteiger partial charge on any atom is 0.110 e. The summed E-state index contributed by atoms with van der Waals surface area (Å²) >= 11 is 3.41. The van der Waals surface area contributed by atoms with E-state index in [2.05, 4.69) is 55.5 Å². The molecule has 2 aromatic heterocycles. The lowest BCUT2D eigenvalue weighted by Crippen LogP contribution is -1.78. The van der Waals surface area contributed by atoms with Gasteiger partial charge in [0.1, 0.15) is 10.9 Å². The normalized spacial score (nSPS) is 11.7. The molecule has 0 fully saturated rings. The molecule has 0 radical (unpaired) electrons. The smallest absolute Gasteiger partial charge is 0.110 e. The molecule has 108 valence electrons. The van der Waals surface area contributed by atoms with Crippen molar-refractivity contribution >= 4 is 64.4 Å². The monoisotopic (exact) mass is 329 g/mol. The quantitative estimate of drug-likeness (QED) is 0.293. The molecule has 0 aliphatic rings. The van der Waals surface area contributed by atoms with E-state index in [-0.39, 0.29) is 0 Å². The van der Waals surface area contributed by atoms with Gasteiger partial charge in [-0.1, -0.05) is 12.1 Å². The molecule has 0 unspecified atom stereocenters. The molecule has 2 heterocycles. The van der Waals surface area contributed by atoms with Crippen molar-refractivity contribution in [3.8, 4) is 6.07 Å². The fraction of sp³-hybridized carbons (Fsp3) is 0.0500. The second kappa shape index (κ2) is 4.55. The van der Waals surface area contributed by atoms with Crippen LogP contribution in [0.5, 0.6) is 0 Å². The maximum atomic E-state index is 9.13. The summed E-state index contributed by atoms with van der Waals surface area (Å²) in [6, 6.07) is 19.9. The Bertz CT molecular complexity index is 1280. The second-order valence-corrected chi connectivity index (χ2v) is 8.24. The predicted octanol–water partition coefficient (Wildman–Crippen LogP) is 6.60. The summed E-state index contributed by atoms with van der Waals surface area (Å²) in [6.07, 6.45) is 0. The largest absolute Gasteiger partial charge is 0.192 e. The molecule has 3 heteroatoms. The molecule has 3 aromatic carbocycles. The highest BCUT2D eigenvalue weighted by molar-refractivity contribution is 7.19. The van der Waals surface area contributed by atoms with Gasteiger partial charge in [0.25, 0.3) is 0 Å². The van der Waals surface area contributed by atoms with Gasteiger partial charge < -0.3 is 0 Å². The minimum atomic E-state index is 0.774. The van der Waals surface area contributed by atoms with Gasteiger partial charge in [0.2, 0.25) is 0 Å². The number of fused-ring (bicyclic) bond motifs is 5. The average Bonchev–Trinajstić information content (AvgIpc) is 3.11. The summed E-state index contributed by atoms with van der Waals surface area (Å²) < 4.78 is 2.53. The van der Waals surface area contributed by atoms with E-state index < -0.39 is 0 Å². The number of thiophene rings is 2. The second-order valence-electron chi connectivity index (χ2n) is 5.87. The average molecular weight is 329 g/mol. The highest BCUT2D eigenvalue weighted by Gasteiger charge is 2.08. The Kier molecular flexibility index (Phi) is 2.58. The Morgan fingerprint density at radius 2 is 1.35 bits per heavy atom. The molecule has 0 atom stereocenters. The Balaban J connectivity index is 1.96. The van der Waals surface area contributed by atoms with Crippen LogP contribution in [-0.4, -0.2) is 0 Å². The lowest BCUT2D eigenvalue weighted by molar-refractivity contribution is 1.52. The third kappa shape index (κ3) is 1.89. The van der Waals surface area contributed by atoms with E-state index >= 15 is 0 Å². The van der Waals surface area contributed by atoms with Crippen molar-refractivity contribution in [2.24, 2.45) is 0 Å². The van der Waals surface area contributed by atoms with Crippen LogP contribution in [0.25, 0.3) is 41.7 Å². The molecule has 1 nitrogen and oxygen atoms in total. The zero-order chi connectivity index (χ0) is 15.6. The van der Waals surface area contributed by atoms with E-state index in [1.54, 1.807) is 11.3 Å². The Labute approximate surface area is 141 Å². The third-order valence-corrected chi connectivity index (χ3v) is 6.36. The molecule has 0 amide bonds. The molecule has 0 aliphatic heterocycles. The van der Waals surface area contributed by atoms with Gasteiger partial charge in [-0.15, -0.1) is 22.7 Å². The van der Waals surface area contributed by atoms with Crippen LogP contribution < -0.4 is 0 Å². The number of hydrogen-bond acceptors (Lipinski definition) is 3.